The second-order valence-corrected chi connectivity index (χ2v) is 7.00. The first kappa shape index (κ1) is 18.2. The van der Waals surface area contributed by atoms with Crippen LogP contribution in [-0.2, 0) is 4.79 Å². The second kappa shape index (κ2) is 8.13. The topological polar surface area (TPSA) is 35.6 Å². The van der Waals surface area contributed by atoms with Crippen LogP contribution >= 0.6 is 11.6 Å². The molecule has 0 aromatic heterocycles. The third-order valence-corrected chi connectivity index (χ3v) is 5.01. The Bertz CT molecular complexity index is 539. The number of benzene rings is 1. The van der Waals surface area contributed by atoms with Gasteiger partial charge in [0.05, 0.1) is 0 Å². The van der Waals surface area contributed by atoms with E-state index in [2.05, 4.69) is 35.9 Å². The SMILES string of the molecule is CNC(=O)CC(c1cc(Cl)ccc1C)N1CCN(C(C)C)CC1. The number of carbonyl (C=O) groups excluding carboxylic acids is 1. The molecule has 1 N–H and O–H groups in total. The van der Waals surface area contributed by atoms with Gasteiger partial charge in [-0.3, -0.25) is 14.6 Å². The standard InChI is InChI=1S/C18H28ClN3O/c1-13(2)21-7-9-22(10-8-21)17(12-18(23)20-4)16-11-15(19)6-5-14(16)3/h5-6,11,13,17H,7-10,12H2,1-4H3,(H,20,23). The first-order chi connectivity index (χ1) is 10.9. The van der Waals surface area contributed by atoms with Crippen molar-refractivity contribution >= 4 is 17.5 Å². The summed E-state index contributed by atoms with van der Waals surface area (Å²) in [6.07, 6.45) is 0.472. The van der Waals surface area contributed by atoms with Gasteiger partial charge < -0.3 is 5.32 Å². The molecule has 1 heterocycles. The van der Waals surface area contributed by atoms with Gasteiger partial charge in [-0.25, -0.2) is 0 Å². The predicted octanol–water partition coefficient (Wildman–Crippen LogP) is 2.85. The van der Waals surface area contributed by atoms with Crippen LogP contribution in [0.15, 0.2) is 18.2 Å². The molecule has 0 aliphatic carbocycles. The minimum Gasteiger partial charge on any atom is -0.359 e. The molecule has 128 valence electrons. The van der Waals surface area contributed by atoms with Crippen molar-refractivity contribution in [3.8, 4) is 0 Å². The fourth-order valence-corrected chi connectivity index (χ4v) is 3.43. The Hall–Kier alpha value is -1.10. The summed E-state index contributed by atoms with van der Waals surface area (Å²) < 4.78 is 0. The molecule has 0 spiro atoms. The molecule has 1 aromatic carbocycles. The predicted molar refractivity (Wildman–Crippen MR) is 95.9 cm³/mol. The van der Waals surface area contributed by atoms with Crippen LogP contribution in [0.1, 0.15) is 37.4 Å². The van der Waals surface area contributed by atoms with Crippen molar-refractivity contribution < 1.29 is 4.79 Å². The van der Waals surface area contributed by atoms with Gasteiger partial charge >= 0.3 is 0 Å². The van der Waals surface area contributed by atoms with Gasteiger partial charge in [0.15, 0.2) is 0 Å². The van der Waals surface area contributed by atoms with Crippen molar-refractivity contribution in [2.45, 2.75) is 39.3 Å². The molecule has 1 atom stereocenters. The fourth-order valence-electron chi connectivity index (χ4n) is 3.25. The molecule has 23 heavy (non-hydrogen) atoms. The summed E-state index contributed by atoms with van der Waals surface area (Å²) >= 11 is 6.21. The largest absolute Gasteiger partial charge is 0.359 e. The molecule has 0 saturated carbocycles. The number of carbonyl (C=O) groups is 1. The lowest BCUT2D eigenvalue weighted by atomic mass is 9.96. The van der Waals surface area contributed by atoms with Crippen molar-refractivity contribution in [1.29, 1.82) is 0 Å². The highest BCUT2D eigenvalue weighted by molar-refractivity contribution is 6.30. The zero-order valence-corrected chi connectivity index (χ0v) is 15.4. The molecule has 1 saturated heterocycles. The van der Waals surface area contributed by atoms with Crippen LogP contribution in [0, 0.1) is 6.92 Å². The van der Waals surface area contributed by atoms with E-state index in [1.165, 1.54) is 11.1 Å². The van der Waals surface area contributed by atoms with Crippen LogP contribution in [0.5, 0.6) is 0 Å². The maximum Gasteiger partial charge on any atom is 0.221 e. The number of nitrogens with zero attached hydrogens (tertiary/aromatic N) is 2. The highest BCUT2D eigenvalue weighted by atomic mass is 35.5. The minimum absolute atomic E-state index is 0.0701. The zero-order valence-electron chi connectivity index (χ0n) is 14.6. The number of hydrogen-bond donors (Lipinski definition) is 1. The molecule has 1 aliphatic heterocycles. The Morgan fingerprint density at radius 2 is 1.83 bits per heavy atom. The van der Waals surface area contributed by atoms with Crippen molar-refractivity contribution in [2.24, 2.45) is 0 Å². The lowest BCUT2D eigenvalue weighted by molar-refractivity contribution is -0.122. The van der Waals surface area contributed by atoms with E-state index >= 15 is 0 Å². The Kier molecular flexibility index (Phi) is 6.45. The van der Waals surface area contributed by atoms with Gasteiger partial charge in [-0.15, -0.1) is 0 Å². The number of hydrogen-bond acceptors (Lipinski definition) is 3. The Labute approximate surface area is 144 Å². The lowest BCUT2D eigenvalue weighted by Gasteiger charge is -2.41. The van der Waals surface area contributed by atoms with Crippen LogP contribution in [0.25, 0.3) is 0 Å². The van der Waals surface area contributed by atoms with Crippen molar-refractivity contribution in [1.82, 2.24) is 15.1 Å². The van der Waals surface area contributed by atoms with E-state index in [0.29, 0.717) is 12.5 Å². The van der Waals surface area contributed by atoms with E-state index in [9.17, 15) is 4.79 Å². The quantitative estimate of drug-likeness (QED) is 0.897. The monoisotopic (exact) mass is 337 g/mol. The third kappa shape index (κ3) is 4.69. The van der Waals surface area contributed by atoms with Crippen LogP contribution < -0.4 is 5.32 Å². The molecule has 4 nitrogen and oxygen atoms in total. The van der Waals surface area contributed by atoms with Gasteiger partial charge in [0.1, 0.15) is 0 Å². The van der Waals surface area contributed by atoms with Crippen LogP contribution in [-0.4, -0.2) is 55.0 Å². The average molecular weight is 338 g/mol. The molecule has 1 fully saturated rings. The minimum atomic E-state index is 0.0701. The van der Waals surface area contributed by atoms with Crippen LogP contribution in [0.4, 0.5) is 0 Å². The van der Waals surface area contributed by atoms with Gasteiger partial charge in [0.25, 0.3) is 0 Å². The summed E-state index contributed by atoms with van der Waals surface area (Å²) in [4.78, 5) is 16.9. The number of halogens is 1. The van der Waals surface area contributed by atoms with Gasteiger partial charge in [-0.2, -0.15) is 0 Å². The van der Waals surface area contributed by atoms with Gasteiger partial charge in [0.2, 0.25) is 5.91 Å². The molecule has 1 aliphatic rings. The number of rotatable bonds is 5. The van der Waals surface area contributed by atoms with Gasteiger partial charge in [0, 0.05) is 56.8 Å². The number of nitrogens with one attached hydrogen (secondary N) is 1. The molecule has 0 radical (unpaired) electrons. The molecule has 2 rings (SSSR count). The van der Waals surface area contributed by atoms with Gasteiger partial charge in [-0.05, 0) is 44.0 Å². The third-order valence-electron chi connectivity index (χ3n) is 4.78. The second-order valence-electron chi connectivity index (χ2n) is 6.56. The van der Waals surface area contributed by atoms with Crippen molar-refractivity contribution in [3.05, 3.63) is 34.3 Å². The Balaban J connectivity index is 2.21. The number of piperazine rings is 1. The van der Waals surface area contributed by atoms with E-state index in [1.54, 1.807) is 7.05 Å². The molecule has 1 unspecified atom stereocenters. The summed E-state index contributed by atoms with van der Waals surface area (Å²) in [5.41, 5.74) is 2.36. The van der Waals surface area contributed by atoms with Crippen LogP contribution in [0.2, 0.25) is 5.02 Å². The maximum absolute atomic E-state index is 12.0. The molecular weight excluding hydrogens is 310 g/mol. The highest BCUT2D eigenvalue weighted by Crippen LogP contribution is 2.30. The number of amides is 1. The number of aryl methyl sites for hydroxylation is 1. The Morgan fingerprint density at radius 3 is 2.39 bits per heavy atom. The van der Waals surface area contributed by atoms with E-state index in [4.69, 9.17) is 11.6 Å². The maximum atomic E-state index is 12.0. The van der Waals surface area contributed by atoms with E-state index in [0.717, 1.165) is 31.2 Å². The van der Waals surface area contributed by atoms with Gasteiger partial charge in [-0.1, -0.05) is 17.7 Å². The summed E-state index contributed by atoms with van der Waals surface area (Å²) in [6, 6.07) is 6.62. The first-order valence-corrected chi connectivity index (χ1v) is 8.75. The highest BCUT2D eigenvalue weighted by Gasteiger charge is 2.28. The van der Waals surface area contributed by atoms with E-state index in [-0.39, 0.29) is 11.9 Å². The average Bonchev–Trinajstić information content (AvgIpc) is 2.55. The summed E-state index contributed by atoms with van der Waals surface area (Å²) in [5, 5.41) is 3.49. The fraction of sp³-hybridized carbons (Fsp3) is 0.611. The zero-order chi connectivity index (χ0) is 17.0. The molecule has 1 aromatic rings. The van der Waals surface area contributed by atoms with Crippen LogP contribution in [0.3, 0.4) is 0 Å². The smallest absolute Gasteiger partial charge is 0.221 e. The molecule has 5 heteroatoms. The summed E-state index contributed by atoms with van der Waals surface area (Å²) in [5.74, 6) is 0.0701. The first-order valence-electron chi connectivity index (χ1n) is 8.37. The Morgan fingerprint density at radius 1 is 1.22 bits per heavy atom. The summed E-state index contributed by atoms with van der Waals surface area (Å²) in [7, 11) is 1.70. The normalized spacial score (nSPS) is 18.2. The van der Waals surface area contributed by atoms with E-state index in [1.807, 2.05) is 18.2 Å². The summed E-state index contributed by atoms with van der Waals surface area (Å²) in [6.45, 7) is 10.6. The molecular formula is C18H28ClN3O. The molecule has 0 bridgehead atoms. The lowest BCUT2D eigenvalue weighted by Crippen LogP contribution is -2.50. The van der Waals surface area contributed by atoms with E-state index < -0.39 is 0 Å². The molecule has 1 amide bonds. The van der Waals surface area contributed by atoms with Crippen molar-refractivity contribution in [2.75, 3.05) is 33.2 Å². The van der Waals surface area contributed by atoms with Crippen molar-refractivity contribution in [3.63, 3.8) is 0 Å².